The number of hydrogen-bond donors (Lipinski definition) is 3. The highest BCUT2D eigenvalue weighted by atomic mass is 32.2. The minimum absolute atomic E-state index is 0.0195. The lowest BCUT2D eigenvalue weighted by Crippen LogP contribution is -2.44. The molecule has 1 rings (SSSR count). The number of likely N-dealkylation sites (N-methyl/N-ethyl adjacent to an activating group) is 1. The van der Waals surface area contributed by atoms with E-state index in [9.17, 15) is 19.2 Å². The summed E-state index contributed by atoms with van der Waals surface area (Å²) in [5, 5.41) is 9.34. The van der Waals surface area contributed by atoms with Crippen LogP contribution in [0.25, 0.3) is 0 Å². The number of unbranched alkanes of at least 4 members (excludes halogenated alkanes) is 1. The van der Waals surface area contributed by atoms with Crippen LogP contribution < -0.4 is 16.0 Å². The molecule has 0 spiro atoms. The largest absolute Gasteiger partial charge is 0.355 e. The third-order valence-electron chi connectivity index (χ3n) is 4.61. The fraction of sp³-hybridized carbons (Fsp3) is 0.789. The van der Waals surface area contributed by atoms with Gasteiger partial charge in [-0.05, 0) is 46.1 Å². The van der Waals surface area contributed by atoms with Crippen LogP contribution in [0.5, 0.6) is 0 Å². The Morgan fingerprint density at radius 1 is 1.10 bits per heavy atom. The van der Waals surface area contributed by atoms with Crippen LogP contribution in [-0.2, 0) is 19.2 Å². The lowest BCUT2D eigenvalue weighted by molar-refractivity contribution is -0.125. The van der Waals surface area contributed by atoms with Gasteiger partial charge in [-0.25, -0.2) is 0 Å². The summed E-state index contributed by atoms with van der Waals surface area (Å²) in [4.78, 5) is 46.6. The highest BCUT2D eigenvalue weighted by Gasteiger charge is 2.32. The molecule has 0 bridgehead atoms. The van der Waals surface area contributed by atoms with Gasteiger partial charge in [0.1, 0.15) is 5.78 Å². The topological polar surface area (TPSA) is 104 Å². The fourth-order valence-electron chi connectivity index (χ4n) is 2.74. The van der Waals surface area contributed by atoms with Crippen molar-refractivity contribution < 1.29 is 20.5 Å². The maximum Gasteiger partial charge on any atom is 0.237 e. The Kier molecular flexibility index (Phi) is 12.9. The molecule has 1 fully saturated rings. The van der Waals surface area contributed by atoms with Gasteiger partial charge in [0, 0.05) is 24.6 Å². The van der Waals surface area contributed by atoms with Crippen molar-refractivity contribution in [1.29, 1.82) is 0 Å². The third kappa shape index (κ3) is 11.4. The maximum atomic E-state index is 12.1. The Morgan fingerprint density at radius 3 is 2.31 bits per heavy atom. The quantitative estimate of drug-likeness (QED) is 0.231. The Morgan fingerprint density at radius 2 is 1.76 bits per heavy atom. The van der Waals surface area contributed by atoms with Gasteiger partial charge in [0.2, 0.25) is 11.8 Å². The first-order valence-corrected chi connectivity index (χ1v) is 12.7. The van der Waals surface area contributed by atoms with Crippen molar-refractivity contribution in [3.05, 3.63) is 0 Å². The van der Waals surface area contributed by atoms with Gasteiger partial charge in [-0.3, -0.25) is 19.2 Å². The van der Waals surface area contributed by atoms with E-state index in [1.165, 1.54) is 0 Å². The summed E-state index contributed by atoms with van der Waals surface area (Å²) in [7, 11) is 3.78. The Hall–Kier alpha value is -0.630. The summed E-state index contributed by atoms with van der Waals surface area (Å²) in [6, 6.07) is -0.402. The van der Waals surface area contributed by atoms with E-state index in [4.69, 9.17) is 1.37 Å². The highest BCUT2D eigenvalue weighted by Crippen LogP contribution is 2.39. The summed E-state index contributed by atoms with van der Waals surface area (Å²) in [6.45, 7) is 2.03. The van der Waals surface area contributed by atoms with E-state index >= 15 is 0 Å². The lowest BCUT2D eigenvalue weighted by Gasteiger charge is -2.35. The zero-order valence-electron chi connectivity index (χ0n) is 18.2. The van der Waals surface area contributed by atoms with Gasteiger partial charge in [0.15, 0.2) is 5.78 Å². The molecule has 0 aromatic heterocycles. The van der Waals surface area contributed by atoms with Crippen molar-refractivity contribution in [2.75, 3.05) is 37.8 Å². The van der Waals surface area contributed by atoms with Gasteiger partial charge in [0.05, 0.1) is 24.1 Å². The van der Waals surface area contributed by atoms with Gasteiger partial charge < -0.3 is 16.0 Å². The number of rotatable bonds is 16. The first kappa shape index (κ1) is 24.6. The van der Waals surface area contributed by atoms with Crippen LogP contribution in [-0.4, -0.2) is 77.7 Å². The van der Waals surface area contributed by atoms with Gasteiger partial charge >= 0.3 is 0 Å². The van der Waals surface area contributed by atoms with Crippen molar-refractivity contribution in [2.45, 2.75) is 55.6 Å². The zero-order valence-corrected chi connectivity index (χ0v) is 20.0. The van der Waals surface area contributed by atoms with Gasteiger partial charge in [-0.1, -0.05) is 0 Å². The van der Waals surface area contributed by atoms with Crippen LogP contribution >= 0.6 is 32.8 Å². The van der Waals surface area contributed by atoms with E-state index in [2.05, 4.69) is 25.2 Å². The van der Waals surface area contributed by atoms with Crippen LogP contribution in [0.2, 0.25) is 0 Å². The molecule has 166 valence electrons. The zero-order chi connectivity index (χ0) is 22.5. The lowest BCUT2D eigenvalue weighted by atomic mass is 9.99. The second-order valence-electron chi connectivity index (χ2n) is 7.02. The molecule has 3 N–H and O–H groups in total. The van der Waals surface area contributed by atoms with Gasteiger partial charge in [-0.2, -0.15) is 0 Å². The van der Waals surface area contributed by atoms with Crippen LogP contribution in [0.4, 0.5) is 0 Å². The molecule has 29 heavy (non-hydrogen) atoms. The molecule has 0 radical (unpaired) electrons. The number of amides is 2. The molecule has 1 aliphatic carbocycles. The monoisotopic (exact) mass is 465 g/mol. The number of ketones is 2. The standard InChI is InChI=1S/C19H34N3O4PS2/c1-13(23)11-28-16-6-7-17(16)29-12-18(25)21-8-4-3-5-15(20-2)19(26)22-9-14(24)10-27/h15-17,20H,3-12,27H2,1-2H3,(H,21,25)(H,22,26)/t15-,16?,17?/m0/s1/i10T/t10?,15-,16?,17?. The van der Waals surface area contributed by atoms with Crippen molar-refractivity contribution >= 4 is 56.1 Å². The predicted molar refractivity (Wildman–Crippen MR) is 125 cm³/mol. The molecule has 10 heteroatoms. The van der Waals surface area contributed by atoms with Crippen molar-refractivity contribution in [3.63, 3.8) is 0 Å². The summed E-state index contributed by atoms with van der Waals surface area (Å²) in [5.74, 6) is 0.596. The Labute approximate surface area is 186 Å². The molecular formula is C19H34N3O4PS2. The molecule has 4 unspecified atom stereocenters. The predicted octanol–water partition coefficient (Wildman–Crippen LogP) is 1.01. The molecule has 1 aliphatic rings. The fourth-order valence-corrected chi connectivity index (χ4v) is 5.55. The smallest absolute Gasteiger partial charge is 0.237 e. The minimum atomic E-state index is -0.922. The second kappa shape index (κ2) is 15.2. The number of carbonyl (C=O) groups excluding carboxylic acids is 4. The number of carbonyl (C=O) groups is 4. The average molecular weight is 466 g/mol. The summed E-state index contributed by atoms with van der Waals surface area (Å²) in [6.07, 6.45) is 3.43. The van der Waals surface area contributed by atoms with Crippen molar-refractivity contribution in [2.24, 2.45) is 0 Å². The molecule has 2 amide bonds. The van der Waals surface area contributed by atoms with Crippen LogP contribution in [0.15, 0.2) is 0 Å². The van der Waals surface area contributed by atoms with E-state index in [1.54, 1.807) is 37.5 Å². The third-order valence-corrected chi connectivity index (χ3v) is 8.14. The summed E-state index contributed by atoms with van der Waals surface area (Å²) >= 11 is 3.37. The first-order valence-electron chi connectivity index (χ1n) is 10.5. The van der Waals surface area contributed by atoms with Crippen LogP contribution in [0.1, 0.15) is 40.4 Å². The molecule has 7 nitrogen and oxygen atoms in total. The number of thioether (sulfide) groups is 2. The molecule has 1 saturated carbocycles. The molecule has 0 saturated heterocycles. The highest BCUT2D eigenvalue weighted by molar-refractivity contribution is 8.04. The maximum absolute atomic E-state index is 12.1. The molecule has 0 aromatic rings. The summed E-state index contributed by atoms with van der Waals surface area (Å²) < 4.78 is 7.28. The van der Waals surface area contributed by atoms with E-state index in [-0.39, 0.29) is 29.9 Å². The SMILES string of the molecule is [3H]C(P)C(=O)CNC(=O)[C@H](CCCCNC(=O)CSC1CCC1SCC(C)=O)NC. The van der Waals surface area contributed by atoms with Gasteiger partial charge in [0.25, 0.3) is 0 Å². The number of Topliss-reactive ketones (excluding diaryl/α,β-unsaturated/α-hetero) is 2. The van der Waals surface area contributed by atoms with Crippen LogP contribution in [0.3, 0.4) is 0 Å². The first-order chi connectivity index (χ1) is 14.2. The van der Waals surface area contributed by atoms with E-state index in [0.29, 0.717) is 35.0 Å². The number of hydrogen-bond acceptors (Lipinski definition) is 7. The van der Waals surface area contributed by atoms with Gasteiger partial charge in [-0.15, -0.1) is 32.8 Å². The normalized spacial score (nSPS) is 20.7. The molecule has 0 heterocycles. The molecule has 0 aromatic carbocycles. The van der Waals surface area contributed by atoms with Crippen molar-refractivity contribution in [3.8, 4) is 0 Å². The van der Waals surface area contributed by atoms with E-state index in [1.807, 2.05) is 0 Å². The average Bonchev–Trinajstić information content (AvgIpc) is 2.67. The second-order valence-corrected chi connectivity index (χ2v) is 9.80. The Balaban J connectivity index is 2.11. The summed E-state index contributed by atoms with van der Waals surface area (Å²) in [5.41, 5.74) is 0. The Bertz CT molecular complexity index is 598. The van der Waals surface area contributed by atoms with Crippen LogP contribution in [0, 0.1) is 0 Å². The van der Waals surface area contributed by atoms with E-state index in [0.717, 1.165) is 25.7 Å². The molecular weight excluding hydrogens is 429 g/mol. The molecule has 5 atom stereocenters. The molecule has 0 aliphatic heterocycles. The number of nitrogens with one attached hydrogen (secondary N) is 3. The minimum Gasteiger partial charge on any atom is -0.355 e. The van der Waals surface area contributed by atoms with E-state index < -0.39 is 12.2 Å². The van der Waals surface area contributed by atoms with Crippen molar-refractivity contribution in [1.82, 2.24) is 16.0 Å².